The van der Waals surface area contributed by atoms with Crippen LogP contribution in [0.2, 0.25) is 15.1 Å². The zero-order chi connectivity index (χ0) is 19.4. The topological polar surface area (TPSA) is 21.6 Å². The summed E-state index contributed by atoms with van der Waals surface area (Å²) in [4.78, 5) is 4.49. The van der Waals surface area contributed by atoms with E-state index >= 15 is 0 Å². The van der Waals surface area contributed by atoms with Crippen molar-refractivity contribution in [3.8, 4) is 5.75 Å². The van der Waals surface area contributed by atoms with Crippen LogP contribution in [0.4, 0.5) is 5.69 Å². The lowest BCUT2D eigenvalue weighted by Gasteiger charge is -2.11. The molecule has 0 amide bonds. The fraction of sp³-hybridized carbons (Fsp3) is 0.136. The van der Waals surface area contributed by atoms with Gasteiger partial charge in [-0.1, -0.05) is 59.1 Å². The van der Waals surface area contributed by atoms with Gasteiger partial charge in [0, 0.05) is 16.8 Å². The fourth-order valence-corrected chi connectivity index (χ4v) is 3.32. The van der Waals surface area contributed by atoms with Crippen LogP contribution in [0.3, 0.4) is 0 Å². The Morgan fingerprint density at radius 1 is 0.852 bits per heavy atom. The molecule has 3 aromatic carbocycles. The van der Waals surface area contributed by atoms with Crippen molar-refractivity contribution in [2.75, 3.05) is 0 Å². The van der Waals surface area contributed by atoms with Gasteiger partial charge in [-0.05, 0) is 60.9 Å². The SMILES string of the molecule is Cc1ccc(N=Cc2cc(Cl)c(OCc3ccccc3Cl)c(Cl)c2)cc1C. The lowest BCUT2D eigenvalue weighted by atomic mass is 10.1. The van der Waals surface area contributed by atoms with Crippen LogP contribution in [0, 0.1) is 13.8 Å². The molecule has 3 aromatic rings. The number of ether oxygens (including phenoxy) is 1. The monoisotopic (exact) mass is 417 g/mol. The summed E-state index contributed by atoms with van der Waals surface area (Å²) in [5.74, 6) is 0.432. The quantitative estimate of drug-likeness (QED) is 0.391. The summed E-state index contributed by atoms with van der Waals surface area (Å²) in [5.41, 5.74) is 4.98. The third-order valence-electron chi connectivity index (χ3n) is 4.20. The molecular formula is C22H18Cl3NO. The smallest absolute Gasteiger partial charge is 0.157 e. The third-order valence-corrected chi connectivity index (χ3v) is 5.13. The summed E-state index contributed by atoms with van der Waals surface area (Å²) in [7, 11) is 0. The number of halogens is 3. The van der Waals surface area contributed by atoms with Gasteiger partial charge in [0.2, 0.25) is 0 Å². The minimum absolute atomic E-state index is 0.287. The fourth-order valence-electron chi connectivity index (χ4n) is 2.51. The summed E-state index contributed by atoms with van der Waals surface area (Å²) < 4.78 is 5.79. The van der Waals surface area contributed by atoms with Crippen molar-refractivity contribution in [1.82, 2.24) is 0 Å². The molecule has 27 heavy (non-hydrogen) atoms. The van der Waals surface area contributed by atoms with Crippen molar-refractivity contribution < 1.29 is 4.74 Å². The molecule has 0 radical (unpaired) electrons. The lowest BCUT2D eigenvalue weighted by Crippen LogP contribution is -1.98. The molecule has 138 valence electrons. The van der Waals surface area contributed by atoms with Gasteiger partial charge in [0.1, 0.15) is 6.61 Å². The van der Waals surface area contributed by atoms with Crippen LogP contribution in [0.1, 0.15) is 22.3 Å². The van der Waals surface area contributed by atoms with Gasteiger partial charge in [-0.2, -0.15) is 0 Å². The standard InChI is InChI=1S/C22H18Cl3NO/c1-14-7-8-18(9-15(14)2)26-12-16-10-20(24)22(21(25)11-16)27-13-17-5-3-4-6-19(17)23/h3-12H,13H2,1-2H3. The van der Waals surface area contributed by atoms with E-state index in [2.05, 4.69) is 18.8 Å². The first-order valence-electron chi connectivity index (χ1n) is 8.40. The van der Waals surface area contributed by atoms with Gasteiger partial charge in [-0.25, -0.2) is 0 Å². The Bertz CT molecular complexity index is 976. The molecule has 2 nitrogen and oxygen atoms in total. The Hall–Kier alpha value is -2.00. The van der Waals surface area contributed by atoms with Crippen LogP contribution in [0.5, 0.6) is 5.75 Å². The first-order valence-corrected chi connectivity index (χ1v) is 9.54. The van der Waals surface area contributed by atoms with Gasteiger partial charge in [-0.15, -0.1) is 0 Å². The van der Waals surface area contributed by atoms with Gasteiger partial charge in [-0.3, -0.25) is 4.99 Å². The average Bonchev–Trinajstić information content (AvgIpc) is 2.63. The Labute approximate surface area is 174 Å². The number of rotatable bonds is 5. The molecule has 3 rings (SSSR count). The lowest BCUT2D eigenvalue weighted by molar-refractivity contribution is 0.306. The van der Waals surface area contributed by atoms with Crippen LogP contribution in [0.25, 0.3) is 0 Å². The molecule has 0 saturated carbocycles. The van der Waals surface area contributed by atoms with E-state index in [0.29, 0.717) is 20.8 Å². The second-order valence-electron chi connectivity index (χ2n) is 6.22. The van der Waals surface area contributed by atoms with E-state index in [1.165, 1.54) is 11.1 Å². The maximum atomic E-state index is 6.36. The molecule has 0 spiro atoms. The summed E-state index contributed by atoms with van der Waals surface area (Å²) >= 11 is 18.9. The highest BCUT2D eigenvalue weighted by atomic mass is 35.5. The second kappa shape index (κ2) is 8.79. The Kier molecular flexibility index (Phi) is 6.43. The number of aliphatic imine (C=N–C) groups is 1. The van der Waals surface area contributed by atoms with Crippen molar-refractivity contribution in [2.45, 2.75) is 20.5 Å². The van der Waals surface area contributed by atoms with E-state index in [1.807, 2.05) is 42.5 Å². The molecule has 0 saturated heterocycles. The van der Waals surface area contributed by atoms with Gasteiger partial charge in [0.25, 0.3) is 0 Å². The van der Waals surface area contributed by atoms with Crippen molar-refractivity contribution in [3.05, 3.63) is 91.9 Å². The minimum Gasteiger partial charge on any atom is -0.486 e. The molecule has 0 N–H and O–H groups in total. The number of benzene rings is 3. The van der Waals surface area contributed by atoms with E-state index in [9.17, 15) is 0 Å². The molecule has 0 fully saturated rings. The second-order valence-corrected chi connectivity index (χ2v) is 7.44. The van der Waals surface area contributed by atoms with Crippen LogP contribution >= 0.6 is 34.8 Å². The van der Waals surface area contributed by atoms with E-state index in [1.54, 1.807) is 18.3 Å². The predicted octanol–water partition coefficient (Wildman–Crippen LogP) is 7.59. The highest BCUT2D eigenvalue weighted by Gasteiger charge is 2.10. The molecular weight excluding hydrogens is 401 g/mol. The normalized spacial score (nSPS) is 11.1. The van der Waals surface area contributed by atoms with E-state index in [0.717, 1.165) is 16.8 Å². The Morgan fingerprint density at radius 3 is 2.22 bits per heavy atom. The molecule has 0 aliphatic rings. The highest BCUT2D eigenvalue weighted by Crippen LogP contribution is 2.35. The zero-order valence-corrected chi connectivity index (χ0v) is 17.2. The van der Waals surface area contributed by atoms with Crippen LogP contribution < -0.4 is 4.74 Å². The molecule has 0 aliphatic heterocycles. The molecule has 0 bridgehead atoms. The summed E-state index contributed by atoms with van der Waals surface area (Å²) in [5, 5.41) is 1.49. The average molecular weight is 419 g/mol. The summed E-state index contributed by atoms with van der Waals surface area (Å²) in [6.07, 6.45) is 1.74. The molecule has 0 aromatic heterocycles. The maximum Gasteiger partial charge on any atom is 0.157 e. The first kappa shape index (κ1) is 19.8. The number of hydrogen-bond donors (Lipinski definition) is 0. The first-order chi connectivity index (χ1) is 12.9. The largest absolute Gasteiger partial charge is 0.486 e. The van der Waals surface area contributed by atoms with Gasteiger partial charge < -0.3 is 4.74 Å². The Balaban J connectivity index is 1.77. The maximum absolute atomic E-state index is 6.36. The van der Waals surface area contributed by atoms with E-state index in [-0.39, 0.29) is 6.61 Å². The van der Waals surface area contributed by atoms with Crippen molar-refractivity contribution in [3.63, 3.8) is 0 Å². The number of aryl methyl sites for hydroxylation is 2. The highest BCUT2D eigenvalue weighted by molar-refractivity contribution is 6.37. The van der Waals surface area contributed by atoms with Crippen molar-refractivity contribution in [2.24, 2.45) is 4.99 Å². The molecule has 0 aliphatic carbocycles. The number of nitrogens with zero attached hydrogens (tertiary/aromatic N) is 1. The van der Waals surface area contributed by atoms with Gasteiger partial charge in [0.15, 0.2) is 5.75 Å². The third kappa shape index (κ3) is 5.04. The van der Waals surface area contributed by atoms with Crippen LogP contribution in [-0.4, -0.2) is 6.21 Å². The molecule has 0 atom stereocenters. The summed E-state index contributed by atoms with van der Waals surface area (Å²) in [6.45, 7) is 4.42. The van der Waals surface area contributed by atoms with Crippen LogP contribution in [-0.2, 0) is 6.61 Å². The van der Waals surface area contributed by atoms with Gasteiger partial charge in [0.05, 0.1) is 15.7 Å². The zero-order valence-electron chi connectivity index (χ0n) is 15.0. The predicted molar refractivity (Wildman–Crippen MR) is 115 cm³/mol. The minimum atomic E-state index is 0.287. The number of hydrogen-bond acceptors (Lipinski definition) is 2. The van der Waals surface area contributed by atoms with Crippen molar-refractivity contribution >= 4 is 46.7 Å². The summed E-state index contributed by atoms with van der Waals surface area (Å²) in [6, 6.07) is 17.1. The Morgan fingerprint density at radius 2 is 1.56 bits per heavy atom. The molecule has 5 heteroatoms. The molecule has 0 heterocycles. The van der Waals surface area contributed by atoms with E-state index < -0.39 is 0 Å². The van der Waals surface area contributed by atoms with Crippen LogP contribution in [0.15, 0.2) is 59.6 Å². The van der Waals surface area contributed by atoms with Gasteiger partial charge >= 0.3 is 0 Å². The van der Waals surface area contributed by atoms with Crippen molar-refractivity contribution in [1.29, 1.82) is 0 Å². The molecule has 0 unspecified atom stereocenters. The van der Waals surface area contributed by atoms with E-state index in [4.69, 9.17) is 39.5 Å².